The summed E-state index contributed by atoms with van der Waals surface area (Å²) >= 11 is 0. The van der Waals surface area contributed by atoms with Gasteiger partial charge in [0.05, 0.1) is 23.5 Å². The van der Waals surface area contributed by atoms with E-state index in [0.29, 0.717) is 11.4 Å². The smallest absolute Gasteiger partial charge is 0.0704 e. The van der Waals surface area contributed by atoms with E-state index in [4.69, 9.17) is 17.2 Å². The summed E-state index contributed by atoms with van der Waals surface area (Å²) in [6.45, 7) is 3.51. The molecule has 0 unspecified atom stereocenters. The van der Waals surface area contributed by atoms with E-state index in [9.17, 15) is 5.11 Å². The van der Waals surface area contributed by atoms with Crippen LogP contribution in [0.4, 0.5) is 11.4 Å². The zero-order valence-corrected chi connectivity index (χ0v) is 8.49. The van der Waals surface area contributed by atoms with Crippen LogP contribution in [0.3, 0.4) is 0 Å². The first-order chi connectivity index (χ1) is 6.43. The summed E-state index contributed by atoms with van der Waals surface area (Å²) in [5, 5.41) is 9.33. The molecule has 0 saturated heterocycles. The van der Waals surface area contributed by atoms with E-state index in [2.05, 4.69) is 0 Å². The third-order valence-electron chi connectivity index (χ3n) is 2.35. The van der Waals surface area contributed by atoms with Crippen LogP contribution in [0.5, 0.6) is 0 Å². The van der Waals surface area contributed by atoms with Crippen molar-refractivity contribution in [3.8, 4) is 0 Å². The van der Waals surface area contributed by atoms with Crippen LogP contribution in [0.15, 0.2) is 12.1 Å². The Balaban J connectivity index is 3.12. The van der Waals surface area contributed by atoms with E-state index in [1.165, 1.54) is 0 Å². The van der Waals surface area contributed by atoms with Crippen molar-refractivity contribution >= 4 is 11.4 Å². The second-order valence-corrected chi connectivity index (χ2v) is 3.61. The molecule has 1 aromatic carbocycles. The average molecular weight is 195 g/mol. The molecule has 4 nitrogen and oxygen atoms in total. The Morgan fingerprint density at radius 3 is 2.29 bits per heavy atom. The second-order valence-electron chi connectivity index (χ2n) is 3.61. The monoisotopic (exact) mass is 195 g/mol. The van der Waals surface area contributed by atoms with Gasteiger partial charge in [0.15, 0.2) is 0 Å². The van der Waals surface area contributed by atoms with E-state index in [0.717, 1.165) is 11.1 Å². The van der Waals surface area contributed by atoms with Crippen molar-refractivity contribution in [1.82, 2.24) is 0 Å². The van der Waals surface area contributed by atoms with Crippen LogP contribution in [-0.4, -0.2) is 11.2 Å². The summed E-state index contributed by atoms with van der Waals surface area (Å²) in [7, 11) is 0. The number of nitrogen functional groups attached to an aromatic ring is 2. The predicted molar refractivity (Wildman–Crippen MR) is 58.6 cm³/mol. The lowest BCUT2D eigenvalue weighted by Crippen LogP contribution is -2.23. The molecule has 0 radical (unpaired) electrons. The molecule has 0 aliphatic carbocycles. The molecule has 7 N–H and O–H groups in total. The van der Waals surface area contributed by atoms with Gasteiger partial charge in [0, 0.05) is 0 Å². The molecule has 78 valence electrons. The van der Waals surface area contributed by atoms with Crippen LogP contribution >= 0.6 is 0 Å². The van der Waals surface area contributed by atoms with E-state index >= 15 is 0 Å². The fourth-order valence-electron chi connectivity index (χ4n) is 1.33. The standard InChI is InChI=1S/C10H17N3O/c1-5-3-7(10(13)6(2)14)4-8(11)9(5)12/h3-4,6,10,14H,11-13H2,1-2H3/t6-,10+/m0/s1. The number of nitrogens with two attached hydrogens (primary N) is 3. The highest BCUT2D eigenvalue weighted by Gasteiger charge is 2.13. The van der Waals surface area contributed by atoms with Crippen molar-refractivity contribution in [1.29, 1.82) is 0 Å². The van der Waals surface area contributed by atoms with Crippen molar-refractivity contribution in [3.05, 3.63) is 23.3 Å². The van der Waals surface area contributed by atoms with Crippen molar-refractivity contribution < 1.29 is 5.11 Å². The van der Waals surface area contributed by atoms with Crippen LogP contribution < -0.4 is 17.2 Å². The van der Waals surface area contributed by atoms with Gasteiger partial charge >= 0.3 is 0 Å². The number of aryl methyl sites for hydroxylation is 1. The Morgan fingerprint density at radius 1 is 1.29 bits per heavy atom. The summed E-state index contributed by atoms with van der Waals surface area (Å²) in [4.78, 5) is 0. The molecule has 0 amide bonds. The average Bonchev–Trinajstić information content (AvgIpc) is 2.12. The molecule has 2 atom stereocenters. The number of aliphatic hydroxyl groups is 1. The first kappa shape index (κ1) is 10.8. The van der Waals surface area contributed by atoms with Gasteiger partial charge in [-0.15, -0.1) is 0 Å². The third kappa shape index (κ3) is 1.97. The maximum atomic E-state index is 9.33. The topological polar surface area (TPSA) is 98.3 Å². The SMILES string of the molecule is Cc1cc([C@H](N)[C@H](C)O)cc(N)c1N. The van der Waals surface area contributed by atoms with Crippen molar-refractivity contribution in [2.24, 2.45) is 5.73 Å². The van der Waals surface area contributed by atoms with Crippen molar-refractivity contribution in [2.75, 3.05) is 11.5 Å². The van der Waals surface area contributed by atoms with E-state index in [-0.39, 0.29) is 0 Å². The van der Waals surface area contributed by atoms with Crippen LogP contribution in [0.1, 0.15) is 24.1 Å². The van der Waals surface area contributed by atoms with E-state index in [1.54, 1.807) is 13.0 Å². The summed E-state index contributed by atoms with van der Waals surface area (Å²) < 4.78 is 0. The van der Waals surface area contributed by atoms with Crippen LogP contribution in [0.2, 0.25) is 0 Å². The first-order valence-corrected chi connectivity index (χ1v) is 4.52. The Hall–Kier alpha value is -1.26. The summed E-state index contributed by atoms with van der Waals surface area (Å²) in [6.07, 6.45) is -0.600. The molecule has 14 heavy (non-hydrogen) atoms. The quantitative estimate of drug-likeness (QED) is 0.518. The molecule has 0 aromatic heterocycles. The molecule has 0 fully saturated rings. The molecule has 0 aliphatic heterocycles. The molecule has 0 saturated carbocycles. The zero-order valence-electron chi connectivity index (χ0n) is 8.49. The number of benzene rings is 1. The van der Waals surface area contributed by atoms with Crippen LogP contribution in [0, 0.1) is 6.92 Å². The minimum atomic E-state index is -0.600. The number of aliphatic hydroxyl groups excluding tert-OH is 1. The minimum absolute atomic E-state index is 0.420. The van der Waals surface area contributed by atoms with Gasteiger partial charge in [0.25, 0.3) is 0 Å². The fourth-order valence-corrected chi connectivity index (χ4v) is 1.33. The molecule has 0 bridgehead atoms. The summed E-state index contributed by atoms with van der Waals surface area (Å²) in [5.74, 6) is 0. The molecular weight excluding hydrogens is 178 g/mol. The highest BCUT2D eigenvalue weighted by atomic mass is 16.3. The van der Waals surface area contributed by atoms with Gasteiger partial charge in [-0.3, -0.25) is 0 Å². The summed E-state index contributed by atoms with van der Waals surface area (Å²) in [5.41, 5.74) is 20.0. The normalized spacial score (nSPS) is 15.1. The maximum Gasteiger partial charge on any atom is 0.0704 e. The first-order valence-electron chi connectivity index (χ1n) is 4.52. The van der Waals surface area contributed by atoms with Gasteiger partial charge in [-0.25, -0.2) is 0 Å². The largest absolute Gasteiger partial charge is 0.397 e. The lowest BCUT2D eigenvalue weighted by molar-refractivity contribution is 0.164. The lowest BCUT2D eigenvalue weighted by atomic mass is 9.99. The lowest BCUT2D eigenvalue weighted by Gasteiger charge is -2.17. The Bertz CT molecular complexity index is 313. The Morgan fingerprint density at radius 2 is 1.86 bits per heavy atom. The van der Waals surface area contributed by atoms with E-state index < -0.39 is 12.1 Å². The zero-order chi connectivity index (χ0) is 10.9. The maximum absolute atomic E-state index is 9.33. The van der Waals surface area contributed by atoms with Crippen molar-refractivity contribution in [2.45, 2.75) is 26.0 Å². The van der Waals surface area contributed by atoms with Gasteiger partial charge in [0.1, 0.15) is 0 Å². The molecule has 4 heteroatoms. The Labute approximate surface area is 83.7 Å². The Kier molecular flexibility index (Phi) is 2.98. The number of rotatable bonds is 2. The minimum Gasteiger partial charge on any atom is -0.397 e. The van der Waals surface area contributed by atoms with E-state index in [1.807, 2.05) is 13.0 Å². The number of anilines is 2. The number of hydrogen-bond donors (Lipinski definition) is 4. The third-order valence-corrected chi connectivity index (χ3v) is 2.35. The highest BCUT2D eigenvalue weighted by molar-refractivity contribution is 5.68. The molecule has 0 heterocycles. The van der Waals surface area contributed by atoms with Gasteiger partial charge in [-0.05, 0) is 31.0 Å². The number of hydrogen-bond acceptors (Lipinski definition) is 4. The van der Waals surface area contributed by atoms with Gasteiger partial charge in [-0.2, -0.15) is 0 Å². The highest BCUT2D eigenvalue weighted by Crippen LogP contribution is 2.25. The molecular formula is C10H17N3O. The molecule has 0 spiro atoms. The molecule has 0 aliphatic rings. The van der Waals surface area contributed by atoms with Gasteiger partial charge in [0.2, 0.25) is 0 Å². The van der Waals surface area contributed by atoms with Crippen molar-refractivity contribution in [3.63, 3.8) is 0 Å². The molecule has 1 aromatic rings. The van der Waals surface area contributed by atoms with Crippen LogP contribution in [0.25, 0.3) is 0 Å². The second kappa shape index (κ2) is 3.86. The van der Waals surface area contributed by atoms with Gasteiger partial charge in [-0.1, -0.05) is 6.07 Å². The fraction of sp³-hybridized carbons (Fsp3) is 0.400. The van der Waals surface area contributed by atoms with Gasteiger partial charge < -0.3 is 22.3 Å². The van der Waals surface area contributed by atoms with Crippen LogP contribution in [-0.2, 0) is 0 Å². The summed E-state index contributed by atoms with van der Waals surface area (Å²) in [6, 6.07) is 3.14. The molecule has 1 rings (SSSR count). The predicted octanol–water partition coefficient (Wildman–Crippen LogP) is 0.540.